The van der Waals surface area contributed by atoms with Crippen LogP contribution in [0.15, 0.2) is 24.3 Å². The summed E-state index contributed by atoms with van der Waals surface area (Å²) in [5.41, 5.74) is 0.667. The molecular weight excluding hydrogens is 214 g/mol. The number of rotatable bonds is 5. The Balaban J connectivity index is 2.74. The Morgan fingerprint density at radius 2 is 2.20 bits per heavy atom. The van der Waals surface area contributed by atoms with Gasteiger partial charge >= 0.3 is 5.97 Å². The van der Waals surface area contributed by atoms with E-state index in [4.69, 9.17) is 16.7 Å². The van der Waals surface area contributed by atoms with E-state index in [0.29, 0.717) is 17.1 Å². The molecule has 0 aliphatic carbocycles. The molecule has 1 aromatic rings. The van der Waals surface area contributed by atoms with Crippen LogP contribution in [0.5, 0.6) is 0 Å². The number of carboxylic acids is 1. The predicted octanol–water partition coefficient (Wildman–Crippen LogP) is 3.01. The molecule has 0 radical (unpaired) electrons. The molecule has 82 valence electrons. The third kappa shape index (κ3) is 3.44. The maximum atomic E-state index is 10.9. The third-order valence-electron chi connectivity index (χ3n) is 2.08. The van der Waals surface area contributed by atoms with Crippen molar-refractivity contribution in [3.63, 3.8) is 0 Å². The van der Waals surface area contributed by atoms with E-state index in [9.17, 15) is 4.79 Å². The van der Waals surface area contributed by atoms with Crippen LogP contribution >= 0.6 is 11.6 Å². The second-order valence-corrected chi connectivity index (χ2v) is 3.71. The van der Waals surface area contributed by atoms with E-state index in [1.54, 1.807) is 12.1 Å². The molecule has 3 nitrogen and oxygen atoms in total. The van der Waals surface area contributed by atoms with Crippen molar-refractivity contribution in [2.75, 3.05) is 5.32 Å². The molecule has 0 fully saturated rings. The fraction of sp³-hybridized carbons (Fsp3) is 0.364. The van der Waals surface area contributed by atoms with Crippen molar-refractivity contribution < 1.29 is 9.90 Å². The lowest BCUT2D eigenvalue weighted by atomic mass is 10.1. The summed E-state index contributed by atoms with van der Waals surface area (Å²) in [5.74, 6) is -0.850. The van der Waals surface area contributed by atoms with Gasteiger partial charge in [-0.3, -0.25) is 0 Å². The summed E-state index contributed by atoms with van der Waals surface area (Å²) >= 11 is 5.92. The SMILES string of the molecule is CCC[C@@H](Nc1ccccc1Cl)C(=O)O. The number of hydrogen-bond donors (Lipinski definition) is 2. The molecule has 0 aromatic heterocycles. The van der Waals surface area contributed by atoms with Gasteiger partial charge in [-0.05, 0) is 18.6 Å². The molecule has 0 unspecified atom stereocenters. The molecule has 0 aliphatic rings. The Hall–Kier alpha value is -1.22. The maximum absolute atomic E-state index is 10.9. The Labute approximate surface area is 94.1 Å². The van der Waals surface area contributed by atoms with Crippen molar-refractivity contribution in [3.05, 3.63) is 29.3 Å². The summed E-state index contributed by atoms with van der Waals surface area (Å²) in [7, 11) is 0. The highest BCUT2D eigenvalue weighted by Crippen LogP contribution is 2.22. The predicted molar refractivity (Wildman–Crippen MR) is 61.4 cm³/mol. The highest BCUT2D eigenvalue weighted by molar-refractivity contribution is 6.33. The molecule has 1 atom stereocenters. The van der Waals surface area contributed by atoms with Crippen LogP contribution in [0.25, 0.3) is 0 Å². The molecule has 1 aromatic carbocycles. The van der Waals surface area contributed by atoms with Crippen LogP contribution < -0.4 is 5.32 Å². The number of anilines is 1. The number of hydrogen-bond acceptors (Lipinski definition) is 2. The largest absolute Gasteiger partial charge is 0.480 e. The van der Waals surface area contributed by atoms with Crippen LogP contribution in [-0.2, 0) is 4.79 Å². The van der Waals surface area contributed by atoms with Gasteiger partial charge in [0.25, 0.3) is 0 Å². The lowest BCUT2D eigenvalue weighted by Gasteiger charge is -2.15. The van der Waals surface area contributed by atoms with Gasteiger partial charge < -0.3 is 10.4 Å². The number of carbonyl (C=O) groups is 1. The standard InChI is InChI=1S/C11H14ClNO2/c1-2-5-10(11(14)15)13-9-7-4-3-6-8(9)12/h3-4,6-7,10,13H,2,5H2,1H3,(H,14,15)/t10-/m1/s1. The number of nitrogens with one attached hydrogen (secondary N) is 1. The first kappa shape index (κ1) is 11.9. The summed E-state index contributed by atoms with van der Waals surface area (Å²) < 4.78 is 0. The smallest absolute Gasteiger partial charge is 0.326 e. The van der Waals surface area contributed by atoms with Crippen molar-refractivity contribution in [3.8, 4) is 0 Å². The van der Waals surface area contributed by atoms with Gasteiger partial charge in [0.15, 0.2) is 0 Å². The van der Waals surface area contributed by atoms with E-state index in [1.165, 1.54) is 0 Å². The number of para-hydroxylation sites is 1. The van der Waals surface area contributed by atoms with Gasteiger partial charge in [0.1, 0.15) is 6.04 Å². The van der Waals surface area contributed by atoms with Crippen LogP contribution in [0.3, 0.4) is 0 Å². The summed E-state index contributed by atoms with van der Waals surface area (Å²) in [6.07, 6.45) is 1.40. The van der Waals surface area contributed by atoms with E-state index in [1.807, 2.05) is 19.1 Å². The van der Waals surface area contributed by atoms with Crippen molar-refractivity contribution in [2.24, 2.45) is 0 Å². The molecule has 4 heteroatoms. The van der Waals surface area contributed by atoms with Crippen molar-refractivity contribution in [1.82, 2.24) is 0 Å². The summed E-state index contributed by atoms with van der Waals surface area (Å²) in [4.78, 5) is 10.9. The van der Waals surface area contributed by atoms with E-state index >= 15 is 0 Å². The molecule has 0 spiro atoms. The van der Waals surface area contributed by atoms with Crippen LogP contribution in [0.4, 0.5) is 5.69 Å². The lowest BCUT2D eigenvalue weighted by Crippen LogP contribution is -2.29. The van der Waals surface area contributed by atoms with Crippen LogP contribution in [0.1, 0.15) is 19.8 Å². The molecule has 0 amide bonds. The van der Waals surface area contributed by atoms with Gasteiger partial charge in [-0.1, -0.05) is 37.1 Å². The topological polar surface area (TPSA) is 49.3 Å². The lowest BCUT2D eigenvalue weighted by molar-refractivity contribution is -0.138. The quantitative estimate of drug-likeness (QED) is 0.813. The highest BCUT2D eigenvalue weighted by Gasteiger charge is 2.16. The molecule has 15 heavy (non-hydrogen) atoms. The van der Waals surface area contributed by atoms with Gasteiger partial charge in [0.05, 0.1) is 10.7 Å². The minimum atomic E-state index is -0.850. The van der Waals surface area contributed by atoms with Gasteiger partial charge in [-0.25, -0.2) is 4.79 Å². The van der Waals surface area contributed by atoms with E-state index in [2.05, 4.69) is 5.32 Å². The van der Waals surface area contributed by atoms with E-state index in [-0.39, 0.29) is 0 Å². The number of carboxylic acid groups (broad SMARTS) is 1. The highest BCUT2D eigenvalue weighted by atomic mass is 35.5. The fourth-order valence-electron chi connectivity index (χ4n) is 1.31. The van der Waals surface area contributed by atoms with Crippen molar-refractivity contribution in [2.45, 2.75) is 25.8 Å². The van der Waals surface area contributed by atoms with E-state index in [0.717, 1.165) is 6.42 Å². The van der Waals surface area contributed by atoms with Crippen molar-refractivity contribution in [1.29, 1.82) is 0 Å². The molecule has 2 N–H and O–H groups in total. The van der Waals surface area contributed by atoms with Gasteiger partial charge in [-0.15, -0.1) is 0 Å². The molecule has 0 saturated carbocycles. The Kier molecular flexibility index (Phi) is 4.43. The zero-order valence-corrected chi connectivity index (χ0v) is 9.29. The summed E-state index contributed by atoms with van der Waals surface area (Å²) in [5, 5.41) is 12.4. The second-order valence-electron chi connectivity index (χ2n) is 3.30. The number of aliphatic carboxylic acids is 1. The zero-order valence-electron chi connectivity index (χ0n) is 8.53. The first-order chi connectivity index (χ1) is 7.15. The number of halogens is 1. The van der Waals surface area contributed by atoms with Crippen molar-refractivity contribution >= 4 is 23.3 Å². The molecule has 0 saturated heterocycles. The van der Waals surface area contributed by atoms with Gasteiger partial charge in [0, 0.05) is 0 Å². The van der Waals surface area contributed by atoms with Gasteiger partial charge in [-0.2, -0.15) is 0 Å². The average Bonchev–Trinajstić information content (AvgIpc) is 2.20. The van der Waals surface area contributed by atoms with Crippen LogP contribution in [0.2, 0.25) is 5.02 Å². The summed E-state index contributed by atoms with van der Waals surface area (Å²) in [6.45, 7) is 1.95. The Morgan fingerprint density at radius 3 is 2.73 bits per heavy atom. The van der Waals surface area contributed by atoms with Crippen LogP contribution in [0, 0.1) is 0 Å². The number of benzene rings is 1. The minimum absolute atomic E-state index is 0.542. The first-order valence-corrected chi connectivity index (χ1v) is 5.26. The molecule has 0 heterocycles. The first-order valence-electron chi connectivity index (χ1n) is 4.89. The normalized spacial score (nSPS) is 12.1. The molecular formula is C11H14ClNO2. The molecule has 0 aliphatic heterocycles. The molecule has 1 rings (SSSR count). The fourth-order valence-corrected chi connectivity index (χ4v) is 1.50. The second kappa shape index (κ2) is 5.61. The Morgan fingerprint density at radius 1 is 1.53 bits per heavy atom. The molecule has 0 bridgehead atoms. The van der Waals surface area contributed by atoms with E-state index < -0.39 is 12.0 Å². The monoisotopic (exact) mass is 227 g/mol. The average molecular weight is 228 g/mol. The maximum Gasteiger partial charge on any atom is 0.326 e. The third-order valence-corrected chi connectivity index (χ3v) is 2.41. The minimum Gasteiger partial charge on any atom is -0.480 e. The van der Waals surface area contributed by atoms with Gasteiger partial charge in [0.2, 0.25) is 0 Å². The summed E-state index contributed by atoms with van der Waals surface area (Å²) in [6, 6.07) is 6.56. The van der Waals surface area contributed by atoms with Crippen LogP contribution in [-0.4, -0.2) is 17.1 Å². The Bertz CT molecular complexity index is 341. The zero-order chi connectivity index (χ0) is 11.3.